The minimum atomic E-state index is -3.78. The third kappa shape index (κ3) is 6.51. The Morgan fingerprint density at radius 3 is 2.21 bits per heavy atom. The molecule has 1 N–H and O–H groups in total. The molecule has 0 atom stereocenters. The number of hydrogen-bond donors (Lipinski definition) is 1. The zero-order chi connectivity index (χ0) is 24.9. The van der Waals surface area contributed by atoms with Crippen molar-refractivity contribution in [1.29, 1.82) is 0 Å². The molecule has 0 radical (unpaired) electrons. The highest BCUT2D eigenvalue weighted by molar-refractivity contribution is 7.92. The van der Waals surface area contributed by atoms with Crippen LogP contribution in [0.3, 0.4) is 0 Å². The Morgan fingerprint density at radius 2 is 1.62 bits per heavy atom. The van der Waals surface area contributed by atoms with Crippen molar-refractivity contribution in [2.24, 2.45) is 0 Å². The van der Waals surface area contributed by atoms with E-state index in [1.165, 1.54) is 28.6 Å². The number of rotatable bonds is 9. The van der Waals surface area contributed by atoms with E-state index in [2.05, 4.69) is 5.32 Å². The van der Waals surface area contributed by atoms with Crippen LogP contribution in [0, 0.1) is 11.6 Å². The first kappa shape index (κ1) is 26.0. The second-order valence-electron chi connectivity index (χ2n) is 8.07. The molecular formula is C22H27F2N3O5S2. The maximum Gasteiger partial charge on any atom is 0.243 e. The summed E-state index contributed by atoms with van der Waals surface area (Å²) in [6.07, 6.45) is 3.71. The van der Waals surface area contributed by atoms with Crippen molar-refractivity contribution in [3.8, 4) is 0 Å². The van der Waals surface area contributed by atoms with Gasteiger partial charge < -0.3 is 5.32 Å². The van der Waals surface area contributed by atoms with E-state index in [1.54, 1.807) is 0 Å². The lowest BCUT2D eigenvalue weighted by atomic mass is 10.2. The van der Waals surface area contributed by atoms with E-state index in [9.17, 15) is 30.4 Å². The molecule has 186 valence electrons. The number of carbonyl (C=O) groups is 1. The van der Waals surface area contributed by atoms with Crippen LogP contribution in [-0.2, 0) is 24.8 Å². The van der Waals surface area contributed by atoms with E-state index in [0.717, 1.165) is 48.0 Å². The molecule has 0 aliphatic carbocycles. The second kappa shape index (κ2) is 10.8. The first-order valence-electron chi connectivity index (χ1n) is 10.8. The molecule has 1 aliphatic rings. The van der Waals surface area contributed by atoms with Crippen molar-refractivity contribution in [2.75, 3.05) is 35.5 Å². The summed E-state index contributed by atoms with van der Waals surface area (Å²) in [5, 5.41) is 2.64. The SMILES string of the molecule is CS(=O)(=O)N(CCCC(=O)Nc1ccc(S(=O)(=O)N2CCCCC2)cc1)c1ccc(F)c(F)c1. The number of amides is 1. The predicted octanol–water partition coefficient (Wildman–Crippen LogP) is 3.32. The topological polar surface area (TPSA) is 104 Å². The van der Waals surface area contributed by atoms with Gasteiger partial charge in [0.05, 0.1) is 16.8 Å². The smallest absolute Gasteiger partial charge is 0.243 e. The molecule has 0 unspecified atom stereocenters. The molecule has 0 bridgehead atoms. The van der Waals surface area contributed by atoms with Gasteiger partial charge in [0.1, 0.15) is 0 Å². The zero-order valence-corrected chi connectivity index (χ0v) is 20.3. The molecule has 8 nitrogen and oxygen atoms in total. The molecule has 1 saturated heterocycles. The van der Waals surface area contributed by atoms with E-state index >= 15 is 0 Å². The molecule has 1 heterocycles. The lowest BCUT2D eigenvalue weighted by Crippen LogP contribution is -2.35. The predicted molar refractivity (Wildman–Crippen MR) is 125 cm³/mol. The fraction of sp³-hybridized carbons (Fsp3) is 0.409. The number of nitrogens with zero attached hydrogens (tertiary/aromatic N) is 2. The summed E-state index contributed by atoms with van der Waals surface area (Å²) < 4.78 is 78.6. The van der Waals surface area contributed by atoms with Crippen molar-refractivity contribution in [3.63, 3.8) is 0 Å². The van der Waals surface area contributed by atoms with Crippen LogP contribution in [-0.4, -0.2) is 52.9 Å². The molecule has 0 aromatic heterocycles. The van der Waals surface area contributed by atoms with Crippen molar-refractivity contribution in [1.82, 2.24) is 4.31 Å². The molecule has 2 aromatic carbocycles. The summed E-state index contributed by atoms with van der Waals surface area (Å²) >= 11 is 0. The van der Waals surface area contributed by atoms with Crippen molar-refractivity contribution in [2.45, 2.75) is 37.0 Å². The molecule has 0 spiro atoms. The Labute approximate surface area is 198 Å². The van der Waals surface area contributed by atoms with Gasteiger partial charge in [-0.3, -0.25) is 9.10 Å². The van der Waals surface area contributed by atoms with Crippen LogP contribution in [0.25, 0.3) is 0 Å². The molecule has 12 heteroatoms. The zero-order valence-electron chi connectivity index (χ0n) is 18.7. The lowest BCUT2D eigenvalue weighted by Gasteiger charge is -2.25. The van der Waals surface area contributed by atoms with Crippen LogP contribution in [0.5, 0.6) is 0 Å². The molecular weight excluding hydrogens is 488 g/mol. The standard InChI is InChI=1S/C22H27F2N3O5S2/c1-33(29,30)27(18-9-12-20(23)21(24)16-18)15-5-6-22(28)25-17-7-10-19(11-8-17)34(31,32)26-13-3-2-4-14-26/h7-12,16H,2-6,13-15H2,1H3,(H,25,28). The summed E-state index contributed by atoms with van der Waals surface area (Å²) in [6.45, 7) is 0.885. The van der Waals surface area contributed by atoms with Gasteiger partial charge in [-0.15, -0.1) is 0 Å². The van der Waals surface area contributed by atoms with Gasteiger partial charge in [-0.05, 0) is 55.7 Å². The number of benzene rings is 2. The summed E-state index contributed by atoms with van der Waals surface area (Å²) in [7, 11) is -7.35. The number of hydrogen-bond acceptors (Lipinski definition) is 5. The van der Waals surface area contributed by atoms with Crippen LogP contribution >= 0.6 is 0 Å². The minimum Gasteiger partial charge on any atom is -0.326 e. The Bertz CT molecular complexity index is 1230. The van der Waals surface area contributed by atoms with Gasteiger partial charge in [0.15, 0.2) is 11.6 Å². The number of sulfonamides is 2. The average Bonchev–Trinajstić information content (AvgIpc) is 2.79. The van der Waals surface area contributed by atoms with Gasteiger partial charge in [-0.2, -0.15) is 4.31 Å². The first-order valence-corrected chi connectivity index (χ1v) is 14.1. The van der Waals surface area contributed by atoms with Gasteiger partial charge in [0.2, 0.25) is 26.0 Å². The molecule has 1 amide bonds. The van der Waals surface area contributed by atoms with Crippen LogP contribution in [0.2, 0.25) is 0 Å². The summed E-state index contributed by atoms with van der Waals surface area (Å²) in [4.78, 5) is 12.4. The fourth-order valence-corrected chi connectivity index (χ4v) is 6.17. The third-order valence-electron chi connectivity index (χ3n) is 5.45. The molecule has 34 heavy (non-hydrogen) atoms. The highest BCUT2D eigenvalue weighted by Crippen LogP contribution is 2.23. The number of carbonyl (C=O) groups excluding carboxylic acids is 1. The van der Waals surface area contributed by atoms with Crippen LogP contribution in [0.1, 0.15) is 32.1 Å². The quantitative estimate of drug-likeness (QED) is 0.552. The Kier molecular flexibility index (Phi) is 8.26. The molecule has 0 saturated carbocycles. The van der Waals surface area contributed by atoms with E-state index < -0.39 is 37.6 Å². The maximum absolute atomic E-state index is 13.5. The van der Waals surface area contributed by atoms with Gasteiger partial charge in [-0.1, -0.05) is 6.42 Å². The highest BCUT2D eigenvalue weighted by atomic mass is 32.2. The Morgan fingerprint density at radius 1 is 0.971 bits per heavy atom. The monoisotopic (exact) mass is 515 g/mol. The van der Waals surface area contributed by atoms with E-state index in [4.69, 9.17) is 0 Å². The second-order valence-corrected chi connectivity index (χ2v) is 11.9. The summed E-state index contributed by atoms with van der Waals surface area (Å²) in [6, 6.07) is 8.65. The van der Waals surface area contributed by atoms with Gasteiger partial charge in [-0.25, -0.2) is 25.6 Å². The van der Waals surface area contributed by atoms with Crippen molar-refractivity contribution in [3.05, 3.63) is 54.1 Å². The molecule has 1 aliphatic heterocycles. The number of nitrogens with one attached hydrogen (secondary N) is 1. The van der Waals surface area contributed by atoms with Crippen molar-refractivity contribution >= 4 is 37.3 Å². The van der Waals surface area contributed by atoms with E-state index in [0.29, 0.717) is 18.8 Å². The normalized spacial score (nSPS) is 15.1. The van der Waals surface area contributed by atoms with Gasteiger partial charge in [0, 0.05) is 37.8 Å². The Balaban J connectivity index is 1.57. The highest BCUT2D eigenvalue weighted by Gasteiger charge is 2.25. The largest absolute Gasteiger partial charge is 0.326 e. The Hall–Kier alpha value is -2.57. The average molecular weight is 516 g/mol. The van der Waals surface area contributed by atoms with Crippen LogP contribution in [0.4, 0.5) is 20.2 Å². The van der Waals surface area contributed by atoms with Gasteiger partial charge >= 0.3 is 0 Å². The number of anilines is 2. The number of halogens is 2. The lowest BCUT2D eigenvalue weighted by molar-refractivity contribution is -0.116. The molecule has 2 aromatic rings. The fourth-order valence-electron chi connectivity index (χ4n) is 3.70. The third-order valence-corrected chi connectivity index (χ3v) is 8.55. The van der Waals surface area contributed by atoms with Crippen LogP contribution in [0.15, 0.2) is 47.4 Å². The first-order chi connectivity index (χ1) is 16.0. The van der Waals surface area contributed by atoms with Crippen molar-refractivity contribution < 1.29 is 30.4 Å². The summed E-state index contributed by atoms with van der Waals surface area (Å²) in [5.74, 6) is -2.66. The maximum atomic E-state index is 13.5. The number of piperidine rings is 1. The summed E-state index contributed by atoms with van der Waals surface area (Å²) in [5.41, 5.74) is 0.371. The van der Waals surface area contributed by atoms with Gasteiger partial charge in [0.25, 0.3) is 0 Å². The van der Waals surface area contributed by atoms with E-state index in [1.807, 2.05) is 0 Å². The molecule has 3 rings (SSSR count). The van der Waals surface area contributed by atoms with Crippen LogP contribution < -0.4 is 9.62 Å². The minimum absolute atomic E-state index is 0.0349. The van der Waals surface area contributed by atoms with E-state index in [-0.39, 0.29) is 30.0 Å². The molecule has 1 fully saturated rings.